The van der Waals surface area contributed by atoms with Crippen molar-refractivity contribution >= 4 is 29.9 Å². The monoisotopic (exact) mass is 407 g/mol. The lowest BCUT2D eigenvalue weighted by atomic mass is 10.2. The molecule has 21 heavy (non-hydrogen) atoms. The van der Waals surface area contributed by atoms with E-state index in [9.17, 15) is 0 Å². The Hall–Kier alpha value is -1.02. The van der Waals surface area contributed by atoms with E-state index >= 15 is 0 Å². The number of rotatable bonds is 8. The Labute approximate surface area is 144 Å². The summed E-state index contributed by atoms with van der Waals surface area (Å²) < 4.78 is 10.7. The van der Waals surface area contributed by atoms with Crippen LogP contribution in [-0.2, 0) is 4.74 Å². The fourth-order valence-electron chi connectivity index (χ4n) is 1.69. The van der Waals surface area contributed by atoms with Gasteiger partial charge in [0.1, 0.15) is 12.4 Å². The highest BCUT2D eigenvalue weighted by Crippen LogP contribution is 2.15. The fraction of sp³-hybridized carbons (Fsp3) is 0.533. The van der Waals surface area contributed by atoms with Gasteiger partial charge in [0.05, 0.1) is 6.54 Å². The molecule has 1 rings (SSSR count). The van der Waals surface area contributed by atoms with Crippen LogP contribution in [0.3, 0.4) is 0 Å². The van der Waals surface area contributed by atoms with E-state index in [1.165, 1.54) is 0 Å². The van der Waals surface area contributed by atoms with Gasteiger partial charge in [-0.25, -0.2) is 0 Å². The van der Waals surface area contributed by atoms with Gasteiger partial charge < -0.3 is 20.1 Å². The first-order valence-electron chi connectivity index (χ1n) is 6.90. The molecule has 0 aliphatic heterocycles. The Morgan fingerprint density at radius 2 is 1.86 bits per heavy atom. The zero-order valence-corrected chi connectivity index (χ0v) is 15.3. The van der Waals surface area contributed by atoms with Crippen molar-refractivity contribution in [3.8, 4) is 5.75 Å². The van der Waals surface area contributed by atoms with E-state index < -0.39 is 0 Å². The highest BCUT2D eigenvalue weighted by atomic mass is 127. The summed E-state index contributed by atoms with van der Waals surface area (Å²) in [4.78, 5) is 4.15. The molecule has 0 saturated carbocycles. The highest BCUT2D eigenvalue weighted by Gasteiger charge is 1.99. The van der Waals surface area contributed by atoms with Gasteiger partial charge in [-0.15, -0.1) is 24.0 Å². The van der Waals surface area contributed by atoms with Crippen molar-refractivity contribution < 1.29 is 9.47 Å². The van der Waals surface area contributed by atoms with Crippen LogP contribution in [0.5, 0.6) is 5.75 Å². The minimum atomic E-state index is 0. The molecular weight excluding hydrogens is 381 g/mol. The first-order chi connectivity index (χ1) is 9.77. The van der Waals surface area contributed by atoms with Gasteiger partial charge >= 0.3 is 0 Å². The summed E-state index contributed by atoms with van der Waals surface area (Å²) in [7, 11) is 3.46. The summed E-state index contributed by atoms with van der Waals surface area (Å²) in [5.74, 6) is 1.71. The number of nitrogens with one attached hydrogen (secondary N) is 2. The van der Waals surface area contributed by atoms with Gasteiger partial charge in [0.25, 0.3) is 0 Å². The maximum atomic E-state index is 5.71. The Morgan fingerprint density at radius 1 is 1.14 bits per heavy atom. The quantitative estimate of drug-likeness (QED) is 0.300. The normalized spacial score (nSPS) is 10.7. The second-order valence-electron chi connectivity index (χ2n) is 4.39. The Balaban J connectivity index is 0.00000400. The maximum absolute atomic E-state index is 5.71. The number of ether oxygens (including phenoxy) is 2. The van der Waals surface area contributed by atoms with E-state index in [-0.39, 0.29) is 24.0 Å². The van der Waals surface area contributed by atoms with Crippen molar-refractivity contribution in [1.29, 1.82) is 0 Å². The van der Waals surface area contributed by atoms with Crippen LogP contribution in [0.15, 0.2) is 29.3 Å². The van der Waals surface area contributed by atoms with Gasteiger partial charge in [-0.1, -0.05) is 18.2 Å². The molecule has 6 heteroatoms. The molecule has 0 unspecified atom stereocenters. The lowest BCUT2D eigenvalue weighted by molar-refractivity contribution is 0.195. The molecule has 1 aromatic rings. The summed E-state index contributed by atoms with van der Waals surface area (Å²) in [5.41, 5.74) is 1.15. The van der Waals surface area contributed by atoms with Crippen LogP contribution >= 0.6 is 24.0 Å². The third-order valence-corrected chi connectivity index (χ3v) is 2.79. The number of aryl methyl sites for hydroxylation is 1. The number of nitrogens with zero attached hydrogens (tertiary/aromatic N) is 1. The fourth-order valence-corrected chi connectivity index (χ4v) is 1.69. The first-order valence-corrected chi connectivity index (χ1v) is 6.90. The molecule has 0 bridgehead atoms. The average molecular weight is 407 g/mol. The van der Waals surface area contributed by atoms with E-state index in [2.05, 4.69) is 15.6 Å². The average Bonchev–Trinajstić information content (AvgIpc) is 2.47. The minimum Gasteiger partial charge on any atom is -0.491 e. The second-order valence-corrected chi connectivity index (χ2v) is 4.39. The first kappa shape index (κ1) is 20.0. The van der Waals surface area contributed by atoms with E-state index in [1.54, 1.807) is 14.2 Å². The molecular formula is C15H26IN3O2. The van der Waals surface area contributed by atoms with Gasteiger partial charge in [0.15, 0.2) is 5.96 Å². The standard InChI is InChI=1S/C15H25N3O2.HI/c1-13-7-4-5-8-14(13)20-12-10-18-15(16-2)17-9-6-11-19-3;/h4-5,7-8H,6,9-12H2,1-3H3,(H2,16,17,18);1H. The zero-order valence-electron chi connectivity index (χ0n) is 13.0. The summed E-state index contributed by atoms with van der Waals surface area (Å²) in [6.07, 6.45) is 0.955. The second kappa shape index (κ2) is 12.7. The summed E-state index contributed by atoms with van der Waals surface area (Å²) in [6, 6.07) is 8.00. The van der Waals surface area contributed by atoms with Crippen molar-refractivity contribution in [2.45, 2.75) is 13.3 Å². The summed E-state index contributed by atoms with van der Waals surface area (Å²) >= 11 is 0. The number of hydrogen-bond donors (Lipinski definition) is 2. The van der Waals surface area contributed by atoms with Crippen LogP contribution in [0, 0.1) is 6.92 Å². The molecule has 120 valence electrons. The highest BCUT2D eigenvalue weighted by molar-refractivity contribution is 14.0. The number of methoxy groups -OCH3 is 1. The van der Waals surface area contributed by atoms with Crippen molar-refractivity contribution in [2.24, 2.45) is 4.99 Å². The molecule has 0 aromatic heterocycles. The molecule has 0 heterocycles. The van der Waals surface area contributed by atoms with Gasteiger partial charge in [0, 0.05) is 27.3 Å². The SMILES string of the molecule is CN=C(NCCCOC)NCCOc1ccccc1C.I. The predicted molar refractivity (Wildman–Crippen MR) is 97.9 cm³/mol. The van der Waals surface area contributed by atoms with Crippen molar-refractivity contribution in [3.63, 3.8) is 0 Å². The molecule has 2 N–H and O–H groups in total. The largest absolute Gasteiger partial charge is 0.491 e. The van der Waals surface area contributed by atoms with Crippen LogP contribution in [-0.4, -0.2) is 46.4 Å². The third-order valence-electron chi connectivity index (χ3n) is 2.79. The van der Waals surface area contributed by atoms with Crippen molar-refractivity contribution in [2.75, 3.05) is 40.5 Å². The van der Waals surface area contributed by atoms with Gasteiger partial charge in [-0.05, 0) is 25.0 Å². The van der Waals surface area contributed by atoms with E-state index in [4.69, 9.17) is 9.47 Å². The van der Waals surface area contributed by atoms with Crippen LogP contribution in [0.1, 0.15) is 12.0 Å². The molecule has 1 aromatic carbocycles. The smallest absolute Gasteiger partial charge is 0.191 e. The lowest BCUT2D eigenvalue weighted by Crippen LogP contribution is -2.39. The molecule has 0 aliphatic rings. The van der Waals surface area contributed by atoms with Gasteiger partial charge in [-0.2, -0.15) is 0 Å². The molecule has 0 saturated heterocycles. The summed E-state index contributed by atoms with van der Waals surface area (Å²) in [5, 5.41) is 6.43. The van der Waals surface area contributed by atoms with Crippen LogP contribution in [0.25, 0.3) is 0 Å². The van der Waals surface area contributed by atoms with Crippen molar-refractivity contribution in [3.05, 3.63) is 29.8 Å². The number of halogens is 1. The third kappa shape index (κ3) is 8.77. The zero-order chi connectivity index (χ0) is 14.6. The van der Waals surface area contributed by atoms with Gasteiger partial charge in [0.2, 0.25) is 0 Å². The molecule has 0 aliphatic carbocycles. The van der Waals surface area contributed by atoms with E-state index in [0.717, 1.165) is 36.8 Å². The van der Waals surface area contributed by atoms with Crippen LogP contribution < -0.4 is 15.4 Å². The lowest BCUT2D eigenvalue weighted by Gasteiger charge is -2.13. The molecule has 0 fully saturated rings. The predicted octanol–water partition coefficient (Wildman–Crippen LogP) is 2.19. The van der Waals surface area contributed by atoms with E-state index in [1.807, 2.05) is 31.2 Å². The van der Waals surface area contributed by atoms with Gasteiger partial charge in [-0.3, -0.25) is 4.99 Å². The molecule has 0 spiro atoms. The number of hydrogen-bond acceptors (Lipinski definition) is 3. The Morgan fingerprint density at radius 3 is 2.52 bits per heavy atom. The Kier molecular flexibility index (Phi) is 12.1. The molecule has 0 amide bonds. The Bertz CT molecular complexity index is 414. The molecule has 5 nitrogen and oxygen atoms in total. The topological polar surface area (TPSA) is 54.9 Å². The molecule has 0 radical (unpaired) electrons. The van der Waals surface area contributed by atoms with Crippen LogP contribution in [0.2, 0.25) is 0 Å². The number of guanidine groups is 1. The molecule has 0 atom stereocenters. The van der Waals surface area contributed by atoms with E-state index in [0.29, 0.717) is 13.2 Å². The number of benzene rings is 1. The minimum absolute atomic E-state index is 0. The van der Waals surface area contributed by atoms with Crippen molar-refractivity contribution in [1.82, 2.24) is 10.6 Å². The van der Waals surface area contributed by atoms with Crippen LogP contribution in [0.4, 0.5) is 0 Å². The maximum Gasteiger partial charge on any atom is 0.191 e. The summed E-state index contributed by atoms with van der Waals surface area (Å²) in [6.45, 7) is 4.94. The number of aliphatic imine (C=N–C) groups is 1. The number of para-hydroxylation sites is 1.